The Morgan fingerprint density at radius 1 is 1.23 bits per heavy atom. The fraction of sp³-hybridized carbons (Fsp3) is 0.381. The SMILES string of the molecule is CC(Sc1nnc(-c2ccco2)n1C1CCCCC1)C(=O)Nc1ccc([N+](=O)[O-])cc1. The molecular formula is C21H23N5O4S. The van der Waals surface area contributed by atoms with Crippen molar-refractivity contribution in [3.8, 4) is 11.6 Å². The van der Waals surface area contributed by atoms with Gasteiger partial charge < -0.3 is 9.73 Å². The first-order valence-electron chi connectivity index (χ1n) is 10.2. The summed E-state index contributed by atoms with van der Waals surface area (Å²) >= 11 is 1.34. The summed E-state index contributed by atoms with van der Waals surface area (Å²) < 4.78 is 7.67. The number of carbonyl (C=O) groups is 1. The maximum Gasteiger partial charge on any atom is 0.269 e. The predicted octanol–water partition coefficient (Wildman–Crippen LogP) is 5.07. The molecule has 1 unspecified atom stereocenters. The average molecular weight is 442 g/mol. The lowest BCUT2D eigenvalue weighted by molar-refractivity contribution is -0.384. The Kier molecular flexibility index (Phi) is 6.36. The predicted molar refractivity (Wildman–Crippen MR) is 117 cm³/mol. The maximum atomic E-state index is 12.7. The molecule has 1 saturated carbocycles. The molecule has 0 aliphatic heterocycles. The molecule has 162 valence electrons. The van der Waals surface area contributed by atoms with E-state index in [1.165, 1.54) is 42.4 Å². The number of amides is 1. The number of benzene rings is 1. The number of nitrogens with one attached hydrogen (secondary N) is 1. The van der Waals surface area contributed by atoms with Crippen molar-refractivity contribution in [3.05, 3.63) is 52.8 Å². The minimum atomic E-state index is -0.473. The van der Waals surface area contributed by atoms with Crippen LogP contribution < -0.4 is 5.32 Å². The highest BCUT2D eigenvalue weighted by atomic mass is 32.2. The van der Waals surface area contributed by atoms with Gasteiger partial charge in [-0.3, -0.25) is 19.5 Å². The Morgan fingerprint density at radius 2 is 1.97 bits per heavy atom. The smallest absolute Gasteiger partial charge is 0.269 e. The quantitative estimate of drug-likeness (QED) is 0.309. The first-order valence-corrected chi connectivity index (χ1v) is 11.1. The lowest BCUT2D eigenvalue weighted by Gasteiger charge is -2.25. The number of thioether (sulfide) groups is 1. The number of nitro benzene ring substituents is 1. The Hall–Kier alpha value is -3.14. The van der Waals surface area contributed by atoms with Crippen LogP contribution in [0.15, 0.2) is 52.2 Å². The van der Waals surface area contributed by atoms with Crippen LogP contribution in [0.5, 0.6) is 0 Å². The molecule has 3 aromatic rings. The Balaban J connectivity index is 1.51. The fourth-order valence-corrected chi connectivity index (χ4v) is 4.64. The van der Waals surface area contributed by atoms with E-state index in [4.69, 9.17) is 4.42 Å². The molecule has 1 aromatic carbocycles. The number of furan rings is 1. The molecule has 0 radical (unpaired) electrons. The van der Waals surface area contributed by atoms with Gasteiger partial charge in [-0.05, 0) is 44.0 Å². The van der Waals surface area contributed by atoms with E-state index < -0.39 is 10.2 Å². The molecule has 4 rings (SSSR count). The van der Waals surface area contributed by atoms with E-state index in [1.54, 1.807) is 13.2 Å². The summed E-state index contributed by atoms with van der Waals surface area (Å²) in [6, 6.07) is 9.73. The molecule has 1 aliphatic carbocycles. The molecule has 0 spiro atoms. The maximum absolute atomic E-state index is 12.7. The molecule has 1 aliphatic rings. The van der Waals surface area contributed by atoms with E-state index in [9.17, 15) is 14.9 Å². The molecule has 1 fully saturated rings. The standard InChI is InChI=1S/C21H23N5O4S/c1-14(20(27)22-15-9-11-17(12-10-15)26(28)29)31-21-24-23-19(18-8-5-13-30-18)25(21)16-6-3-2-4-7-16/h5,8-14,16H,2-4,6-7H2,1H3,(H,22,27). The van der Waals surface area contributed by atoms with E-state index in [0.717, 1.165) is 25.7 Å². The van der Waals surface area contributed by atoms with Crippen molar-refractivity contribution in [1.29, 1.82) is 0 Å². The second-order valence-corrected chi connectivity index (χ2v) is 8.81. The van der Waals surface area contributed by atoms with Crippen molar-refractivity contribution < 1.29 is 14.1 Å². The van der Waals surface area contributed by atoms with Gasteiger partial charge in [-0.25, -0.2) is 0 Å². The number of nitro groups is 1. The summed E-state index contributed by atoms with van der Waals surface area (Å²) in [4.78, 5) is 23.0. The fourth-order valence-electron chi connectivity index (χ4n) is 3.72. The highest BCUT2D eigenvalue weighted by molar-refractivity contribution is 8.00. The summed E-state index contributed by atoms with van der Waals surface area (Å²) in [6.45, 7) is 1.80. The summed E-state index contributed by atoms with van der Waals surface area (Å²) in [6.07, 6.45) is 7.24. The molecule has 1 amide bonds. The van der Waals surface area contributed by atoms with Gasteiger partial charge in [0.1, 0.15) is 0 Å². The van der Waals surface area contributed by atoms with Gasteiger partial charge in [-0.2, -0.15) is 0 Å². The van der Waals surface area contributed by atoms with Gasteiger partial charge in [0.05, 0.1) is 16.4 Å². The summed E-state index contributed by atoms with van der Waals surface area (Å²) in [5.74, 6) is 1.13. The number of hydrogen-bond acceptors (Lipinski definition) is 7. The molecule has 2 aromatic heterocycles. The van der Waals surface area contributed by atoms with Crippen LogP contribution >= 0.6 is 11.8 Å². The minimum Gasteiger partial charge on any atom is -0.461 e. The van der Waals surface area contributed by atoms with Crippen LogP contribution in [0.4, 0.5) is 11.4 Å². The van der Waals surface area contributed by atoms with Crippen molar-refractivity contribution in [2.45, 2.75) is 55.5 Å². The third-order valence-corrected chi connectivity index (χ3v) is 6.40. The van der Waals surface area contributed by atoms with Crippen LogP contribution in [0.2, 0.25) is 0 Å². The molecule has 0 bridgehead atoms. The van der Waals surface area contributed by atoms with Crippen LogP contribution in [0.3, 0.4) is 0 Å². The largest absolute Gasteiger partial charge is 0.461 e. The molecule has 1 N–H and O–H groups in total. The van der Waals surface area contributed by atoms with Gasteiger partial charge in [-0.1, -0.05) is 31.0 Å². The second-order valence-electron chi connectivity index (χ2n) is 7.50. The van der Waals surface area contributed by atoms with Gasteiger partial charge in [0.2, 0.25) is 11.7 Å². The normalized spacial score (nSPS) is 15.5. The molecule has 1 atom stereocenters. The Bertz CT molecular complexity index is 1040. The Morgan fingerprint density at radius 3 is 2.61 bits per heavy atom. The number of rotatable bonds is 7. The third kappa shape index (κ3) is 4.79. The third-order valence-electron chi connectivity index (χ3n) is 5.34. The highest BCUT2D eigenvalue weighted by Gasteiger charge is 2.27. The van der Waals surface area contributed by atoms with E-state index in [-0.39, 0.29) is 17.6 Å². The van der Waals surface area contributed by atoms with Crippen LogP contribution in [0.25, 0.3) is 11.6 Å². The highest BCUT2D eigenvalue weighted by Crippen LogP contribution is 2.36. The molecule has 31 heavy (non-hydrogen) atoms. The topological polar surface area (TPSA) is 116 Å². The van der Waals surface area contributed by atoms with E-state index in [0.29, 0.717) is 22.4 Å². The lowest BCUT2D eigenvalue weighted by Crippen LogP contribution is -2.23. The van der Waals surface area contributed by atoms with Gasteiger partial charge in [0.25, 0.3) is 5.69 Å². The molecular weight excluding hydrogens is 418 g/mol. The first-order chi connectivity index (χ1) is 15.0. The first kappa shape index (κ1) is 21.1. The van der Waals surface area contributed by atoms with E-state index in [1.807, 2.05) is 12.1 Å². The second kappa shape index (κ2) is 9.34. The number of hydrogen-bond donors (Lipinski definition) is 1. The molecule has 2 heterocycles. The average Bonchev–Trinajstić information content (AvgIpc) is 3.44. The lowest BCUT2D eigenvalue weighted by atomic mass is 9.95. The van der Waals surface area contributed by atoms with Gasteiger partial charge in [0, 0.05) is 23.9 Å². The zero-order valence-corrected chi connectivity index (χ0v) is 17.9. The zero-order chi connectivity index (χ0) is 21.8. The van der Waals surface area contributed by atoms with Gasteiger partial charge >= 0.3 is 0 Å². The van der Waals surface area contributed by atoms with Crippen molar-refractivity contribution in [1.82, 2.24) is 14.8 Å². The van der Waals surface area contributed by atoms with Crippen LogP contribution in [0, 0.1) is 10.1 Å². The van der Waals surface area contributed by atoms with E-state index >= 15 is 0 Å². The van der Waals surface area contributed by atoms with E-state index in [2.05, 4.69) is 20.1 Å². The number of carbonyl (C=O) groups excluding carboxylic acids is 1. The van der Waals surface area contributed by atoms with Crippen molar-refractivity contribution >= 4 is 29.0 Å². The summed E-state index contributed by atoms with van der Waals surface area (Å²) in [5.41, 5.74) is 0.486. The molecule has 0 saturated heterocycles. The summed E-state index contributed by atoms with van der Waals surface area (Å²) in [5, 5.41) is 22.6. The van der Waals surface area contributed by atoms with Crippen LogP contribution in [-0.2, 0) is 4.79 Å². The van der Waals surface area contributed by atoms with Gasteiger partial charge in [-0.15, -0.1) is 10.2 Å². The number of nitrogens with zero attached hydrogens (tertiary/aromatic N) is 4. The van der Waals surface area contributed by atoms with Crippen molar-refractivity contribution in [3.63, 3.8) is 0 Å². The minimum absolute atomic E-state index is 0.0218. The van der Waals surface area contributed by atoms with Crippen LogP contribution in [0.1, 0.15) is 45.1 Å². The van der Waals surface area contributed by atoms with Crippen molar-refractivity contribution in [2.24, 2.45) is 0 Å². The molecule has 9 nitrogen and oxygen atoms in total. The van der Waals surface area contributed by atoms with Crippen molar-refractivity contribution in [2.75, 3.05) is 5.32 Å². The zero-order valence-electron chi connectivity index (χ0n) is 17.1. The molecule has 10 heteroatoms. The number of anilines is 1. The number of aromatic nitrogens is 3. The monoisotopic (exact) mass is 441 g/mol. The number of non-ortho nitro benzene ring substituents is 1. The van der Waals surface area contributed by atoms with Crippen LogP contribution in [-0.4, -0.2) is 30.8 Å². The summed E-state index contributed by atoms with van der Waals surface area (Å²) in [7, 11) is 0. The van der Waals surface area contributed by atoms with Gasteiger partial charge in [0.15, 0.2) is 10.9 Å². The Labute approximate surface area is 183 Å².